The summed E-state index contributed by atoms with van der Waals surface area (Å²) in [4.78, 5) is 49.1. The molecule has 6 N–H and O–H groups in total. The van der Waals surface area contributed by atoms with Gasteiger partial charge in [-0.1, -0.05) is 13.8 Å². The van der Waals surface area contributed by atoms with Crippen molar-refractivity contribution < 1.29 is 47.3 Å². The van der Waals surface area contributed by atoms with Crippen molar-refractivity contribution in [1.29, 1.82) is 0 Å². The van der Waals surface area contributed by atoms with Gasteiger partial charge < -0.3 is 35.8 Å². The molecule has 0 bridgehead atoms. The van der Waals surface area contributed by atoms with Crippen molar-refractivity contribution in [2.24, 2.45) is 5.73 Å². The summed E-state index contributed by atoms with van der Waals surface area (Å²) in [6.45, 7) is 8.33. The van der Waals surface area contributed by atoms with Gasteiger partial charge in [-0.2, -0.15) is 13.2 Å². The maximum atomic E-state index is 13.0. The lowest BCUT2D eigenvalue weighted by molar-refractivity contribution is -0.192. The van der Waals surface area contributed by atoms with Crippen LogP contribution in [0.2, 0.25) is 0 Å². The summed E-state index contributed by atoms with van der Waals surface area (Å²) in [5.74, 6) is -2.39. The van der Waals surface area contributed by atoms with Crippen LogP contribution in [0.25, 0.3) is 10.4 Å². The Morgan fingerprint density at radius 3 is 2.29 bits per heavy atom. The Hall–Kier alpha value is -4.05. The number of amides is 4. The zero-order valence-electron chi connectivity index (χ0n) is 23.1. The van der Waals surface area contributed by atoms with Gasteiger partial charge in [0, 0.05) is 30.6 Å². The number of likely N-dealkylation sites (N-methyl/N-ethyl adjacent to an activating group) is 1. The quantitative estimate of drug-likeness (QED) is 0.265. The summed E-state index contributed by atoms with van der Waals surface area (Å²) in [7, 11) is 0. The molecule has 1 aliphatic rings. The van der Waals surface area contributed by atoms with Gasteiger partial charge in [-0.15, -0.1) is 11.3 Å². The molecule has 0 unspecified atom stereocenters. The molecular weight excluding hydrogens is 583 g/mol. The molecule has 0 saturated carbocycles. The Morgan fingerprint density at radius 2 is 1.76 bits per heavy atom. The first-order chi connectivity index (χ1) is 19.7. The second-order valence-corrected chi connectivity index (χ2v) is 10.1. The predicted octanol–water partition coefficient (Wildman–Crippen LogP) is 4.13. The number of ether oxygens (including phenoxy) is 1. The number of nitrogens with one attached hydrogen (secondary N) is 2. The summed E-state index contributed by atoms with van der Waals surface area (Å²) >= 11 is 1.25. The Labute approximate surface area is 244 Å². The highest BCUT2D eigenvalue weighted by Crippen LogP contribution is 2.36. The molecule has 0 radical (unpaired) electrons. The number of hydrogen-bond acceptors (Lipinski definition) is 7. The Balaban J connectivity index is 0.000000782. The zero-order valence-corrected chi connectivity index (χ0v) is 23.9. The molecule has 1 aromatic heterocycles. The van der Waals surface area contributed by atoms with Crippen molar-refractivity contribution >= 4 is 40.3 Å². The van der Waals surface area contributed by atoms with E-state index in [1.165, 1.54) is 16.2 Å². The van der Waals surface area contributed by atoms with Gasteiger partial charge in [-0.3, -0.25) is 10.1 Å². The average molecular weight is 618 g/mol. The number of hydrogen-bond donors (Lipinski definition) is 5. The van der Waals surface area contributed by atoms with Crippen LogP contribution in [0.3, 0.4) is 0 Å². The summed E-state index contributed by atoms with van der Waals surface area (Å²) in [6, 6.07) is 8.20. The van der Waals surface area contributed by atoms with Crippen LogP contribution >= 0.6 is 11.3 Å². The highest BCUT2D eigenvalue weighted by molar-refractivity contribution is 7.20. The van der Waals surface area contributed by atoms with E-state index in [0.29, 0.717) is 31.0 Å². The zero-order chi connectivity index (χ0) is 31.4. The Kier molecular flexibility index (Phi) is 12.9. The van der Waals surface area contributed by atoms with Gasteiger partial charge in [0.2, 0.25) is 0 Å². The molecule has 1 aliphatic heterocycles. The third-order valence-electron chi connectivity index (χ3n) is 6.19. The van der Waals surface area contributed by atoms with Gasteiger partial charge in [0.15, 0.2) is 0 Å². The first-order valence-electron chi connectivity index (χ1n) is 13.0. The number of halogens is 3. The lowest BCUT2D eigenvalue weighted by atomic mass is 10.1. The van der Waals surface area contributed by atoms with Crippen molar-refractivity contribution in [1.82, 2.24) is 15.1 Å². The Morgan fingerprint density at radius 1 is 1.14 bits per heavy atom. The van der Waals surface area contributed by atoms with Gasteiger partial charge in [-0.05, 0) is 61.8 Å². The van der Waals surface area contributed by atoms with E-state index in [0.717, 1.165) is 35.8 Å². The minimum absolute atomic E-state index is 0.229. The number of urea groups is 1. The van der Waals surface area contributed by atoms with Crippen LogP contribution in [0.5, 0.6) is 5.75 Å². The van der Waals surface area contributed by atoms with E-state index in [9.17, 15) is 32.7 Å². The fraction of sp³-hybridized carbons (Fsp3) is 0.462. The third kappa shape index (κ3) is 10.7. The molecule has 4 amide bonds. The number of anilines is 1. The SMILES string of the molecule is CCN(CC)CCOc1ccc(-c2cc(C(=O)N[C@H]3CCCN(C(=O)O)C3)c(NC(N)=O)s2)cc1.O=C(O)C(F)(F)F. The number of alkyl halides is 3. The molecule has 0 aliphatic carbocycles. The van der Waals surface area contributed by atoms with Gasteiger partial charge in [0.25, 0.3) is 5.91 Å². The summed E-state index contributed by atoms with van der Waals surface area (Å²) in [5.41, 5.74) is 6.47. The predicted molar refractivity (Wildman–Crippen MR) is 150 cm³/mol. The van der Waals surface area contributed by atoms with E-state index in [2.05, 4.69) is 29.4 Å². The fourth-order valence-electron chi connectivity index (χ4n) is 3.99. The molecule has 3 rings (SSSR count). The van der Waals surface area contributed by atoms with E-state index in [4.69, 9.17) is 20.4 Å². The number of piperidine rings is 1. The number of carboxylic acids is 1. The third-order valence-corrected chi connectivity index (χ3v) is 7.29. The highest BCUT2D eigenvalue weighted by atomic mass is 32.1. The molecule has 232 valence electrons. The van der Waals surface area contributed by atoms with Crippen LogP contribution in [0.1, 0.15) is 37.0 Å². The second kappa shape index (κ2) is 15.8. The van der Waals surface area contributed by atoms with Crippen molar-refractivity contribution in [2.75, 3.05) is 44.6 Å². The molecule has 1 atom stereocenters. The molecule has 12 nitrogen and oxygen atoms in total. The molecule has 0 spiro atoms. The highest BCUT2D eigenvalue weighted by Gasteiger charge is 2.38. The van der Waals surface area contributed by atoms with Gasteiger partial charge in [0.05, 0.1) is 5.56 Å². The first-order valence-corrected chi connectivity index (χ1v) is 13.8. The van der Waals surface area contributed by atoms with Crippen molar-refractivity contribution in [3.05, 3.63) is 35.9 Å². The first kappa shape index (κ1) is 34.2. The van der Waals surface area contributed by atoms with Gasteiger partial charge in [0.1, 0.15) is 17.4 Å². The number of thiophene rings is 1. The topological polar surface area (TPSA) is 175 Å². The number of rotatable bonds is 10. The maximum absolute atomic E-state index is 13.0. The minimum Gasteiger partial charge on any atom is -0.492 e. The van der Waals surface area contributed by atoms with Crippen LogP contribution in [0, 0.1) is 0 Å². The van der Waals surface area contributed by atoms with Crippen molar-refractivity contribution in [3.63, 3.8) is 0 Å². The smallest absolute Gasteiger partial charge is 0.490 e. The van der Waals surface area contributed by atoms with Crippen LogP contribution in [0.15, 0.2) is 30.3 Å². The van der Waals surface area contributed by atoms with Crippen LogP contribution < -0.4 is 21.1 Å². The number of carboxylic acid groups (broad SMARTS) is 2. The number of benzene rings is 1. The minimum atomic E-state index is -5.08. The second-order valence-electron chi connectivity index (χ2n) is 9.09. The number of carbonyl (C=O) groups is 4. The van der Waals surface area contributed by atoms with Crippen molar-refractivity contribution in [3.8, 4) is 16.2 Å². The standard InChI is InChI=1S/C24H33N5O5S.C2HF3O2/c1-3-28(4-2)12-13-34-18-9-7-16(8-10-18)20-14-19(22(35-20)27-23(25)31)21(30)26-17-6-5-11-29(15-17)24(32)33;3-2(4,5)1(6)7/h7-10,14,17H,3-6,11-13,15H2,1-2H3,(H,26,30)(H,32,33)(H3,25,27,31);(H,6,7)/t17-;/m0./s1. The molecule has 2 aromatic rings. The number of nitrogens with zero attached hydrogens (tertiary/aromatic N) is 2. The van der Waals surface area contributed by atoms with Crippen LogP contribution in [0.4, 0.5) is 27.8 Å². The number of aliphatic carboxylic acids is 1. The average Bonchev–Trinajstić information content (AvgIpc) is 3.34. The van der Waals surface area contributed by atoms with Crippen molar-refractivity contribution in [2.45, 2.75) is 38.9 Å². The molecule has 1 aromatic carbocycles. The molecular formula is C26H34F3N5O7S. The van der Waals surface area contributed by atoms with Crippen LogP contribution in [-0.2, 0) is 4.79 Å². The lowest BCUT2D eigenvalue weighted by Crippen LogP contribution is -2.49. The lowest BCUT2D eigenvalue weighted by Gasteiger charge is -2.31. The largest absolute Gasteiger partial charge is 0.492 e. The summed E-state index contributed by atoms with van der Waals surface area (Å²) < 4.78 is 37.6. The number of carbonyl (C=O) groups excluding carboxylic acids is 2. The maximum Gasteiger partial charge on any atom is 0.490 e. The molecule has 1 fully saturated rings. The molecule has 16 heteroatoms. The molecule has 2 heterocycles. The fourth-order valence-corrected chi connectivity index (χ4v) is 5.05. The van der Waals surface area contributed by atoms with E-state index < -0.39 is 24.3 Å². The van der Waals surface area contributed by atoms with E-state index in [1.54, 1.807) is 6.07 Å². The molecule has 1 saturated heterocycles. The van der Waals surface area contributed by atoms with Gasteiger partial charge in [-0.25, -0.2) is 14.4 Å². The number of nitrogens with two attached hydrogens (primary N) is 1. The normalized spacial score (nSPS) is 14.9. The van der Waals surface area contributed by atoms with Crippen LogP contribution in [-0.4, -0.2) is 95.6 Å². The van der Waals surface area contributed by atoms with Gasteiger partial charge >= 0.3 is 24.3 Å². The summed E-state index contributed by atoms with van der Waals surface area (Å²) in [6.07, 6.45) is -4.73. The summed E-state index contributed by atoms with van der Waals surface area (Å²) in [5, 5.41) is 22.1. The Bertz CT molecular complexity index is 1220. The monoisotopic (exact) mass is 617 g/mol. The molecule has 42 heavy (non-hydrogen) atoms. The van der Waals surface area contributed by atoms with E-state index in [-0.39, 0.29) is 24.1 Å². The van der Waals surface area contributed by atoms with E-state index >= 15 is 0 Å². The number of likely N-dealkylation sites (tertiary alicyclic amines) is 1. The number of primary amides is 1. The van der Waals surface area contributed by atoms with E-state index in [1.807, 2.05) is 24.3 Å².